The molecule has 0 aliphatic heterocycles. The van der Waals surface area contributed by atoms with Crippen LogP contribution in [0.2, 0.25) is 0 Å². The van der Waals surface area contributed by atoms with Crippen LogP contribution < -0.4 is 0 Å². The van der Waals surface area contributed by atoms with Crippen molar-refractivity contribution in [1.29, 1.82) is 5.26 Å². The summed E-state index contributed by atoms with van der Waals surface area (Å²) in [5, 5.41) is 9.01. The fourth-order valence-corrected chi connectivity index (χ4v) is 2.78. The minimum absolute atomic E-state index is 0.645. The smallest absolute Gasteiger partial charge is 0.0991 e. The van der Waals surface area contributed by atoms with Crippen LogP contribution in [0.4, 0.5) is 0 Å². The molecule has 4 rings (SSSR count). The maximum atomic E-state index is 9.01. The Kier molecular flexibility index (Phi) is 4.19. The standard InChI is InChI=1S/C22H14N4/c23-15-16-1-3-17(4-2-16)20-13-21(18-5-9-24-10-6-18)26-22(14-20)19-7-11-25-12-8-19/h1-14H. The Morgan fingerprint density at radius 2 is 1.08 bits per heavy atom. The highest BCUT2D eigenvalue weighted by atomic mass is 14.7. The van der Waals surface area contributed by atoms with Crippen LogP contribution in [0.1, 0.15) is 5.56 Å². The van der Waals surface area contributed by atoms with Crippen LogP contribution in [0, 0.1) is 11.3 Å². The molecule has 26 heavy (non-hydrogen) atoms. The minimum Gasteiger partial charge on any atom is -0.265 e. The molecule has 0 aliphatic carbocycles. The van der Waals surface area contributed by atoms with Crippen LogP contribution in [0.15, 0.2) is 85.5 Å². The third-order valence-electron chi connectivity index (χ3n) is 4.12. The van der Waals surface area contributed by atoms with E-state index in [9.17, 15) is 0 Å². The van der Waals surface area contributed by atoms with Crippen LogP contribution in [-0.2, 0) is 0 Å². The zero-order chi connectivity index (χ0) is 17.8. The molecule has 0 saturated heterocycles. The van der Waals surface area contributed by atoms with Crippen molar-refractivity contribution in [1.82, 2.24) is 15.0 Å². The summed E-state index contributed by atoms with van der Waals surface area (Å²) in [6.07, 6.45) is 7.05. The van der Waals surface area contributed by atoms with Gasteiger partial charge in [-0.15, -0.1) is 0 Å². The molecule has 4 heteroatoms. The number of benzene rings is 1. The van der Waals surface area contributed by atoms with Crippen molar-refractivity contribution in [2.75, 3.05) is 0 Å². The quantitative estimate of drug-likeness (QED) is 0.542. The molecule has 0 unspecified atom stereocenters. The van der Waals surface area contributed by atoms with Crippen LogP contribution in [0.5, 0.6) is 0 Å². The van der Waals surface area contributed by atoms with Crippen molar-refractivity contribution in [3.63, 3.8) is 0 Å². The van der Waals surface area contributed by atoms with E-state index in [-0.39, 0.29) is 0 Å². The second-order valence-electron chi connectivity index (χ2n) is 5.79. The summed E-state index contributed by atoms with van der Waals surface area (Å²) < 4.78 is 0. The Bertz CT molecular complexity index is 1010. The van der Waals surface area contributed by atoms with Crippen LogP contribution in [0.3, 0.4) is 0 Å². The molecule has 0 amide bonds. The average molecular weight is 334 g/mol. The highest BCUT2D eigenvalue weighted by Gasteiger charge is 2.09. The molecule has 0 radical (unpaired) electrons. The Hall–Kier alpha value is -3.84. The van der Waals surface area contributed by atoms with Crippen LogP contribution in [-0.4, -0.2) is 15.0 Å². The second-order valence-corrected chi connectivity index (χ2v) is 5.79. The number of hydrogen-bond acceptors (Lipinski definition) is 4. The molecule has 0 aliphatic rings. The van der Waals surface area contributed by atoms with E-state index in [1.165, 1.54) is 0 Å². The first-order chi connectivity index (χ1) is 12.8. The van der Waals surface area contributed by atoms with Gasteiger partial charge in [-0.25, -0.2) is 4.98 Å². The second kappa shape index (κ2) is 6.96. The first kappa shape index (κ1) is 15.7. The molecule has 0 spiro atoms. The number of aromatic nitrogens is 3. The van der Waals surface area contributed by atoms with Gasteiger partial charge in [0.25, 0.3) is 0 Å². The first-order valence-electron chi connectivity index (χ1n) is 8.17. The lowest BCUT2D eigenvalue weighted by molar-refractivity contribution is 1.27. The zero-order valence-electron chi connectivity index (χ0n) is 13.9. The lowest BCUT2D eigenvalue weighted by Crippen LogP contribution is -1.91. The zero-order valence-corrected chi connectivity index (χ0v) is 13.9. The number of nitrogens with zero attached hydrogens (tertiary/aromatic N) is 4. The maximum absolute atomic E-state index is 9.01. The third-order valence-corrected chi connectivity index (χ3v) is 4.12. The molecule has 3 heterocycles. The molecule has 1 aromatic carbocycles. The van der Waals surface area contributed by atoms with Gasteiger partial charge >= 0.3 is 0 Å². The first-order valence-corrected chi connectivity index (χ1v) is 8.17. The average Bonchev–Trinajstić information content (AvgIpc) is 2.75. The van der Waals surface area contributed by atoms with Crippen molar-refractivity contribution >= 4 is 0 Å². The normalized spacial score (nSPS) is 10.3. The van der Waals surface area contributed by atoms with E-state index in [1.54, 1.807) is 24.8 Å². The summed E-state index contributed by atoms with van der Waals surface area (Å²) in [6.45, 7) is 0. The molecule has 0 fully saturated rings. The monoisotopic (exact) mass is 334 g/mol. The van der Waals surface area contributed by atoms with E-state index in [0.717, 1.165) is 33.6 Å². The number of hydrogen-bond donors (Lipinski definition) is 0. The van der Waals surface area contributed by atoms with Crippen molar-refractivity contribution in [3.8, 4) is 39.7 Å². The minimum atomic E-state index is 0.645. The predicted octanol–water partition coefficient (Wildman–Crippen LogP) is 4.74. The third kappa shape index (κ3) is 3.19. The maximum Gasteiger partial charge on any atom is 0.0991 e. The van der Waals surface area contributed by atoms with Crippen LogP contribution in [0.25, 0.3) is 33.6 Å². The fourth-order valence-electron chi connectivity index (χ4n) is 2.78. The van der Waals surface area contributed by atoms with E-state index in [0.29, 0.717) is 5.56 Å². The summed E-state index contributed by atoms with van der Waals surface area (Å²) in [4.78, 5) is 13.0. The highest BCUT2D eigenvalue weighted by Crippen LogP contribution is 2.29. The number of nitriles is 1. The Labute approximate surface area is 151 Å². The van der Waals surface area contributed by atoms with E-state index in [1.807, 2.05) is 48.5 Å². The van der Waals surface area contributed by atoms with Gasteiger partial charge in [-0.2, -0.15) is 5.26 Å². The highest BCUT2D eigenvalue weighted by molar-refractivity contribution is 5.76. The van der Waals surface area contributed by atoms with Gasteiger partial charge in [0.2, 0.25) is 0 Å². The molecule has 0 N–H and O–H groups in total. The lowest BCUT2D eigenvalue weighted by Gasteiger charge is -2.10. The van der Waals surface area contributed by atoms with E-state index in [4.69, 9.17) is 10.2 Å². The van der Waals surface area contributed by atoms with Crippen molar-refractivity contribution in [2.45, 2.75) is 0 Å². The lowest BCUT2D eigenvalue weighted by atomic mass is 10.00. The van der Waals surface area contributed by atoms with Gasteiger partial charge < -0.3 is 0 Å². The largest absolute Gasteiger partial charge is 0.265 e. The van der Waals surface area contributed by atoms with Crippen LogP contribution >= 0.6 is 0 Å². The topological polar surface area (TPSA) is 62.5 Å². The molecule has 0 bridgehead atoms. The Morgan fingerprint density at radius 1 is 0.577 bits per heavy atom. The summed E-state index contributed by atoms with van der Waals surface area (Å²) in [5.74, 6) is 0. The van der Waals surface area contributed by atoms with Crippen molar-refractivity contribution in [3.05, 3.63) is 91.0 Å². The predicted molar refractivity (Wildman–Crippen MR) is 101 cm³/mol. The molecular formula is C22H14N4. The summed E-state index contributed by atoms with van der Waals surface area (Å²) in [7, 11) is 0. The van der Waals surface area contributed by atoms with Gasteiger partial charge in [-0.3, -0.25) is 9.97 Å². The van der Waals surface area contributed by atoms with Crippen molar-refractivity contribution in [2.24, 2.45) is 0 Å². The van der Waals surface area contributed by atoms with Gasteiger partial charge in [0.05, 0.1) is 23.0 Å². The van der Waals surface area contributed by atoms with E-state index < -0.39 is 0 Å². The molecular weight excluding hydrogens is 320 g/mol. The molecule has 4 aromatic rings. The number of pyridine rings is 3. The van der Waals surface area contributed by atoms with Gasteiger partial charge in [-0.05, 0) is 59.7 Å². The van der Waals surface area contributed by atoms with Gasteiger partial charge in [0, 0.05) is 35.9 Å². The SMILES string of the molecule is N#Cc1ccc(-c2cc(-c3ccncc3)nc(-c3ccncc3)c2)cc1. The van der Waals surface area contributed by atoms with Gasteiger partial charge in [0.1, 0.15) is 0 Å². The Morgan fingerprint density at radius 3 is 1.54 bits per heavy atom. The molecule has 122 valence electrons. The van der Waals surface area contributed by atoms with Crippen molar-refractivity contribution < 1.29 is 0 Å². The summed E-state index contributed by atoms with van der Waals surface area (Å²) in [6, 6.07) is 21.6. The van der Waals surface area contributed by atoms with E-state index in [2.05, 4.69) is 28.2 Å². The molecule has 0 saturated carbocycles. The van der Waals surface area contributed by atoms with E-state index >= 15 is 0 Å². The van der Waals surface area contributed by atoms with Gasteiger partial charge in [-0.1, -0.05) is 12.1 Å². The summed E-state index contributed by atoms with van der Waals surface area (Å²) in [5.41, 5.74) is 6.49. The fraction of sp³-hybridized carbons (Fsp3) is 0. The number of rotatable bonds is 3. The Balaban J connectivity index is 1.89. The van der Waals surface area contributed by atoms with Gasteiger partial charge in [0.15, 0.2) is 0 Å². The molecule has 3 aromatic heterocycles. The summed E-state index contributed by atoms with van der Waals surface area (Å²) >= 11 is 0. The molecule has 4 nitrogen and oxygen atoms in total. The molecule has 0 atom stereocenters.